The highest BCUT2D eigenvalue weighted by Crippen LogP contribution is 2.43. The molecule has 0 aliphatic heterocycles. The van der Waals surface area contributed by atoms with E-state index in [9.17, 15) is 0 Å². The van der Waals surface area contributed by atoms with Gasteiger partial charge in [0.05, 0.1) is 13.2 Å². The molecule has 0 aromatic heterocycles. The van der Waals surface area contributed by atoms with Crippen LogP contribution in [0.15, 0.2) is 103 Å². The molecule has 0 saturated carbocycles. The van der Waals surface area contributed by atoms with Gasteiger partial charge in [-0.05, 0) is 67.7 Å². The Morgan fingerprint density at radius 2 is 0.921 bits per heavy atom. The van der Waals surface area contributed by atoms with Crippen molar-refractivity contribution in [2.75, 3.05) is 13.2 Å². The van der Waals surface area contributed by atoms with Gasteiger partial charge in [0.1, 0.15) is 11.5 Å². The summed E-state index contributed by atoms with van der Waals surface area (Å²) in [4.78, 5) is 0. The number of hydrogen-bond acceptors (Lipinski definition) is 2. The minimum atomic E-state index is 0.709. The third-order valence-electron chi connectivity index (χ3n) is 7.30. The van der Waals surface area contributed by atoms with Gasteiger partial charge in [0, 0.05) is 21.5 Å². The minimum Gasteiger partial charge on any atom is -0.492 e. The van der Waals surface area contributed by atoms with E-state index in [-0.39, 0.29) is 0 Å². The third kappa shape index (κ3) is 6.37. The van der Waals surface area contributed by atoms with Crippen LogP contribution in [0.5, 0.6) is 11.5 Å². The fourth-order valence-corrected chi connectivity index (χ4v) is 5.18. The first kappa shape index (κ1) is 25.9. The van der Waals surface area contributed by atoms with E-state index in [1.165, 1.54) is 16.7 Å². The van der Waals surface area contributed by atoms with Crippen LogP contribution in [0, 0.1) is 0 Å². The molecule has 0 amide bonds. The maximum atomic E-state index is 6.56. The lowest BCUT2D eigenvalue weighted by molar-refractivity contribution is 0.309. The molecule has 0 fully saturated rings. The van der Waals surface area contributed by atoms with Gasteiger partial charge in [-0.1, -0.05) is 104 Å². The van der Waals surface area contributed by atoms with E-state index in [2.05, 4.69) is 110 Å². The molecular weight excluding hydrogens is 464 g/mol. The molecule has 0 bridgehead atoms. The summed E-state index contributed by atoms with van der Waals surface area (Å²) in [5, 5.41) is 4.57. The van der Waals surface area contributed by atoms with Crippen molar-refractivity contribution >= 4 is 21.5 Å². The molecule has 0 aliphatic carbocycles. The first-order valence-corrected chi connectivity index (χ1v) is 14.1. The van der Waals surface area contributed by atoms with Gasteiger partial charge in [-0.3, -0.25) is 0 Å². The zero-order valence-corrected chi connectivity index (χ0v) is 22.5. The van der Waals surface area contributed by atoms with E-state index in [4.69, 9.17) is 9.47 Å². The fraction of sp³-hybridized carbons (Fsp3) is 0.278. The Kier molecular flexibility index (Phi) is 8.94. The second kappa shape index (κ2) is 13.1. The van der Waals surface area contributed by atoms with Crippen molar-refractivity contribution in [3.63, 3.8) is 0 Å². The quantitative estimate of drug-likeness (QED) is 0.118. The molecule has 5 aromatic rings. The summed E-state index contributed by atoms with van der Waals surface area (Å²) in [7, 11) is 0. The standard InChI is InChI=1S/C36H38O2/c1-2-28-23-24-33-34(27-28)36(38-26-14-12-20-30-17-7-4-8-18-30)32-22-10-9-21-31(32)35(33)37-25-13-11-19-29-15-5-3-6-16-29/h3-10,15-18,21-24,27H,2,11-14,19-20,25-26H2,1H3. The molecule has 194 valence electrons. The molecule has 38 heavy (non-hydrogen) atoms. The van der Waals surface area contributed by atoms with Crippen LogP contribution >= 0.6 is 0 Å². The number of hydrogen-bond donors (Lipinski definition) is 0. The molecule has 2 heteroatoms. The van der Waals surface area contributed by atoms with E-state index in [1.807, 2.05) is 0 Å². The van der Waals surface area contributed by atoms with Crippen molar-refractivity contribution in [2.45, 2.75) is 51.9 Å². The minimum absolute atomic E-state index is 0.709. The van der Waals surface area contributed by atoms with Gasteiger partial charge >= 0.3 is 0 Å². The highest BCUT2D eigenvalue weighted by atomic mass is 16.5. The number of rotatable bonds is 13. The molecule has 0 spiro atoms. The zero-order chi connectivity index (χ0) is 26.0. The second-order valence-corrected chi connectivity index (χ2v) is 10.0. The maximum absolute atomic E-state index is 6.56. The van der Waals surface area contributed by atoms with Crippen molar-refractivity contribution in [1.82, 2.24) is 0 Å². The van der Waals surface area contributed by atoms with Gasteiger partial charge in [0.2, 0.25) is 0 Å². The molecule has 0 N–H and O–H groups in total. The van der Waals surface area contributed by atoms with Crippen molar-refractivity contribution < 1.29 is 9.47 Å². The van der Waals surface area contributed by atoms with Crippen LogP contribution in [0.25, 0.3) is 21.5 Å². The lowest BCUT2D eigenvalue weighted by Gasteiger charge is -2.18. The summed E-state index contributed by atoms with van der Waals surface area (Å²) >= 11 is 0. The Labute approximate surface area is 227 Å². The Bertz CT molecular complexity index is 1440. The first-order valence-electron chi connectivity index (χ1n) is 14.1. The average Bonchev–Trinajstić information content (AvgIpc) is 2.98. The first-order chi connectivity index (χ1) is 18.8. The molecule has 0 radical (unpaired) electrons. The molecular formula is C36H38O2. The zero-order valence-electron chi connectivity index (χ0n) is 22.5. The summed E-state index contributed by atoms with van der Waals surface area (Å²) < 4.78 is 13.1. The van der Waals surface area contributed by atoms with Crippen molar-refractivity contribution in [1.29, 1.82) is 0 Å². The normalized spacial score (nSPS) is 11.2. The van der Waals surface area contributed by atoms with E-state index >= 15 is 0 Å². The molecule has 5 rings (SSSR count). The van der Waals surface area contributed by atoms with Gasteiger partial charge in [0.15, 0.2) is 0 Å². The molecule has 0 atom stereocenters. The number of benzene rings is 5. The smallest absolute Gasteiger partial charge is 0.135 e. The van der Waals surface area contributed by atoms with E-state index < -0.39 is 0 Å². The maximum Gasteiger partial charge on any atom is 0.135 e. The van der Waals surface area contributed by atoms with Gasteiger partial charge in [0.25, 0.3) is 0 Å². The molecule has 0 heterocycles. The predicted octanol–water partition coefficient (Wildman–Crippen LogP) is 9.36. The third-order valence-corrected chi connectivity index (χ3v) is 7.30. The number of ether oxygens (including phenoxy) is 2. The number of unbranched alkanes of at least 4 members (excludes halogenated alkanes) is 2. The van der Waals surface area contributed by atoms with E-state index in [1.54, 1.807) is 0 Å². The molecule has 5 aromatic carbocycles. The fourth-order valence-electron chi connectivity index (χ4n) is 5.18. The monoisotopic (exact) mass is 502 g/mol. The van der Waals surface area contributed by atoms with Crippen LogP contribution in [0.2, 0.25) is 0 Å². The van der Waals surface area contributed by atoms with Crippen molar-refractivity contribution in [3.05, 3.63) is 120 Å². The summed E-state index contributed by atoms with van der Waals surface area (Å²) in [6.07, 6.45) is 7.45. The van der Waals surface area contributed by atoms with Crippen LogP contribution in [-0.4, -0.2) is 13.2 Å². The van der Waals surface area contributed by atoms with E-state index in [0.717, 1.165) is 78.0 Å². The van der Waals surface area contributed by atoms with Crippen molar-refractivity contribution in [2.24, 2.45) is 0 Å². The topological polar surface area (TPSA) is 18.5 Å². The highest BCUT2D eigenvalue weighted by Gasteiger charge is 2.16. The SMILES string of the molecule is CCc1ccc2c(OCCCCc3ccccc3)c3ccccc3c(OCCCCc3ccccc3)c2c1. The Morgan fingerprint density at radius 1 is 0.447 bits per heavy atom. The number of aryl methyl sites for hydroxylation is 3. The van der Waals surface area contributed by atoms with Gasteiger partial charge in [-0.25, -0.2) is 0 Å². The second-order valence-electron chi connectivity index (χ2n) is 10.0. The molecule has 0 unspecified atom stereocenters. The Balaban J connectivity index is 1.33. The predicted molar refractivity (Wildman–Crippen MR) is 161 cm³/mol. The van der Waals surface area contributed by atoms with Crippen LogP contribution < -0.4 is 9.47 Å². The summed E-state index contributed by atoms with van der Waals surface area (Å²) in [5.41, 5.74) is 4.09. The van der Waals surface area contributed by atoms with Crippen LogP contribution in [0.3, 0.4) is 0 Å². The van der Waals surface area contributed by atoms with Crippen LogP contribution in [0.4, 0.5) is 0 Å². The van der Waals surface area contributed by atoms with Gasteiger partial charge < -0.3 is 9.47 Å². The summed E-state index contributed by atoms with van der Waals surface area (Å²) in [6, 6.07) is 36.7. The summed E-state index contributed by atoms with van der Waals surface area (Å²) in [5.74, 6) is 1.97. The lowest BCUT2D eigenvalue weighted by Crippen LogP contribution is -2.03. The van der Waals surface area contributed by atoms with E-state index in [0.29, 0.717) is 13.2 Å². The Morgan fingerprint density at radius 3 is 1.45 bits per heavy atom. The van der Waals surface area contributed by atoms with Gasteiger partial charge in [-0.2, -0.15) is 0 Å². The van der Waals surface area contributed by atoms with Crippen LogP contribution in [-0.2, 0) is 19.3 Å². The Hall–Kier alpha value is -3.78. The molecule has 0 aliphatic rings. The van der Waals surface area contributed by atoms with Gasteiger partial charge in [-0.15, -0.1) is 0 Å². The lowest BCUT2D eigenvalue weighted by atomic mass is 9.98. The summed E-state index contributed by atoms with van der Waals surface area (Å²) in [6.45, 7) is 3.62. The number of fused-ring (bicyclic) bond motifs is 2. The molecule has 2 nitrogen and oxygen atoms in total. The largest absolute Gasteiger partial charge is 0.492 e. The van der Waals surface area contributed by atoms with Crippen LogP contribution in [0.1, 0.15) is 49.3 Å². The van der Waals surface area contributed by atoms with Crippen molar-refractivity contribution in [3.8, 4) is 11.5 Å². The average molecular weight is 503 g/mol. The molecule has 0 saturated heterocycles. The highest BCUT2D eigenvalue weighted by molar-refractivity contribution is 6.11.